The van der Waals surface area contributed by atoms with Crippen molar-refractivity contribution < 1.29 is 23.0 Å². The predicted molar refractivity (Wildman–Crippen MR) is 91.1 cm³/mol. The fraction of sp³-hybridized carbons (Fsp3) is 0.118. The van der Waals surface area contributed by atoms with E-state index >= 15 is 0 Å². The lowest BCUT2D eigenvalue weighted by molar-refractivity contribution is -0.0528. The maximum absolute atomic E-state index is 13.5. The molecule has 0 aliphatic heterocycles. The summed E-state index contributed by atoms with van der Waals surface area (Å²) in [6.45, 7) is -1.16. The Labute approximate surface area is 148 Å². The van der Waals surface area contributed by atoms with Crippen molar-refractivity contribution in [2.75, 3.05) is 0 Å². The van der Waals surface area contributed by atoms with Gasteiger partial charge in [0.25, 0.3) is 0 Å². The lowest BCUT2D eigenvalue weighted by Gasteiger charge is -2.07. The first kappa shape index (κ1) is 16.5. The second-order valence-corrected chi connectivity index (χ2v) is 6.59. The molecule has 0 amide bonds. The van der Waals surface area contributed by atoms with Crippen LogP contribution in [0.15, 0.2) is 30.5 Å². The molecule has 4 rings (SSSR count). The molecule has 1 N–H and O–H groups in total. The molecule has 0 saturated carbocycles. The van der Waals surface area contributed by atoms with E-state index in [-0.39, 0.29) is 5.88 Å². The number of benzene rings is 2. The summed E-state index contributed by atoms with van der Waals surface area (Å²) < 4.78 is 43.2. The molecular formula is C17H10F3N3O2S. The molecule has 26 heavy (non-hydrogen) atoms. The highest BCUT2D eigenvalue weighted by Crippen LogP contribution is 2.36. The molecule has 0 radical (unpaired) electrons. The molecule has 0 fully saturated rings. The first-order valence-electron chi connectivity index (χ1n) is 7.42. The number of halogens is 3. The van der Waals surface area contributed by atoms with Gasteiger partial charge in [0.05, 0.1) is 27.4 Å². The number of ether oxygens (including phenoxy) is 1. The van der Waals surface area contributed by atoms with E-state index in [9.17, 15) is 18.3 Å². The SMILES string of the molecule is Cc1cc(-c2nc3cc(F)c(O)cc3s2)c2ncc(OC(F)F)nc2c1. The van der Waals surface area contributed by atoms with E-state index in [1.54, 1.807) is 6.07 Å². The van der Waals surface area contributed by atoms with Gasteiger partial charge < -0.3 is 9.84 Å². The monoisotopic (exact) mass is 377 g/mol. The molecule has 2 aromatic carbocycles. The average Bonchev–Trinajstić information content (AvgIpc) is 2.96. The van der Waals surface area contributed by atoms with Crippen LogP contribution in [0.2, 0.25) is 0 Å². The summed E-state index contributed by atoms with van der Waals surface area (Å²) in [4.78, 5) is 12.6. The normalized spacial score (nSPS) is 11.6. The maximum atomic E-state index is 13.5. The van der Waals surface area contributed by atoms with Crippen molar-refractivity contribution in [1.29, 1.82) is 0 Å². The minimum atomic E-state index is -2.99. The highest BCUT2D eigenvalue weighted by atomic mass is 32.1. The third kappa shape index (κ3) is 2.90. The smallest absolute Gasteiger partial charge is 0.388 e. The van der Waals surface area contributed by atoms with Crippen LogP contribution in [0.5, 0.6) is 11.6 Å². The summed E-state index contributed by atoms with van der Waals surface area (Å²) in [5, 5.41) is 10.1. The Morgan fingerprint density at radius 2 is 1.92 bits per heavy atom. The molecule has 2 heterocycles. The van der Waals surface area contributed by atoms with Crippen LogP contribution < -0.4 is 4.74 Å². The van der Waals surface area contributed by atoms with Gasteiger partial charge in [-0.1, -0.05) is 0 Å². The fourth-order valence-electron chi connectivity index (χ4n) is 2.61. The summed E-state index contributed by atoms with van der Waals surface area (Å²) in [7, 11) is 0. The zero-order valence-corrected chi connectivity index (χ0v) is 14.0. The third-order valence-electron chi connectivity index (χ3n) is 3.67. The first-order valence-corrected chi connectivity index (χ1v) is 8.24. The van der Waals surface area contributed by atoms with E-state index in [1.165, 1.54) is 17.4 Å². The highest BCUT2D eigenvalue weighted by Gasteiger charge is 2.16. The van der Waals surface area contributed by atoms with Gasteiger partial charge in [0, 0.05) is 17.7 Å². The number of phenolic OH excluding ortho intramolecular Hbond substituents is 1. The lowest BCUT2D eigenvalue weighted by Crippen LogP contribution is -2.04. The largest absolute Gasteiger partial charge is 0.505 e. The summed E-state index contributed by atoms with van der Waals surface area (Å²) >= 11 is 1.25. The van der Waals surface area contributed by atoms with Gasteiger partial charge in [-0.3, -0.25) is 0 Å². The number of rotatable bonds is 3. The molecule has 9 heteroatoms. The Balaban J connectivity index is 1.90. The van der Waals surface area contributed by atoms with Crippen LogP contribution in [-0.4, -0.2) is 26.7 Å². The van der Waals surface area contributed by atoms with Gasteiger partial charge in [0.1, 0.15) is 5.01 Å². The molecule has 0 aliphatic carbocycles. The number of fused-ring (bicyclic) bond motifs is 2. The molecule has 0 atom stereocenters. The summed E-state index contributed by atoms with van der Waals surface area (Å²) in [6, 6.07) is 5.99. The Kier molecular flexibility index (Phi) is 3.87. The third-order valence-corrected chi connectivity index (χ3v) is 4.72. The van der Waals surface area contributed by atoms with Crippen molar-refractivity contribution in [3.8, 4) is 22.2 Å². The minimum Gasteiger partial charge on any atom is -0.505 e. The van der Waals surface area contributed by atoms with Gasteiger partial charge in [-0.25, -0.2) is 19.3 Å². The van der Waals surface area contributed by atoms with Crippen LogP contribution in [0.3, 0.4) is 0 Å². The van der Waals surface area contributed by atoms with Crippen LogP contribution >= 0.6 is 11.3 Å². The summed E-state index contributed by atoms with van der Waals surface area (Å²) in [5.41, 5.74) is 2.70. The zero-order chi connectivity index (χ0) is 18.4. The van der Waals surface area contributed by atoms with Crippen molar-refractivity contribution in [2.24, 2.45) is 0 Å². The summed E-state index contributed by atoms with van der Waals surface area (Å²) in [6.07, 6.45) is 1.12. The number of thiazole rings is 1. The van der Waals surface area contributed by atoms with Crippen molar-refractivity contribution in [2.45, 2.75) is 13.5 Å². The van der Waals surface area contributed by atoms with E-state index in [2.05, 4.69) is 19.7 Å². The van der Waals surface area contributed by atoms with Gasteiger partial charge in [-0.2, -0.15) is 8.78 Å². The van der Waals surface area contributed by atoms with E-state index in [4.69, 9.17) is 0 Å². The molecule has 132 valence electrons. The van der Waals surface area contributed by atoms with Crippen LogP contribution in [0.25, 0.3) is 31.8 Å². The van der Waals surface area contributed by atoms with Gasteiger partial charge in [-0.15, -0.1) is 11.3 Å². The van der Waals surface area contributed by atoms with E-state index in [0.717, 1.165) is 17.8 Å². The predicted octanol–water partition coefficient (Wildman–Crippen LogP) is 4.66. The standard InChI is InChI=1S/C17H10F3N3O2S/c1-7-2-8(15-11(3-7)22-14(6-21-15)25-17(19)20)16-23-10-4-9(18)12(24)5-13(10)26-16/h2-6,17,24H,1H3. The number of phenols is 1. The molecule has 0 spiro atoms. The van der Waals surface area contributed by atoms with E-state index in [1.807, 2.05) is 13.0 Å². The molecule has 0 saturated heterocycles. The van der Waals surface area contributed by atoms with Crippen molar-refractivity contribution >= 4 is 32.6 Å². The van der Waals surface area contributed by atoms with Gasteiger partial charge in [0.2, 0.25) is 5.88 Å². The number of hydrogen-bond acceptors (Lipinski definition) is 6. The summed E-state index contributed by atoms with van der Waals surface area (Å²) in [5.74, 6) is -1.48. The van der Waals surface area contributed by atoms with Crippen LogP contribution in [0.1, 0.15) is 5.56 Å². The Bertz CT molecular complexity index is 1110. The van der Waals surface area contributed by atoms with E-state index < -0.39 is 18.2 Å². The van der Waals surface area contributed by atoms with Gasteiger partial charge in [-0.05, 0) is 24.6 Å². The maximum Gasteiger partial charge on any atom is 0.388 e. The first-order chi connectivity index (χ1) is 12.4. The zero-order valence-electron chi connectivity index (χ0n) is 13.2. The van der Waals surface area contributed by atoms with Crippen LogP contribution in [-0.2, 0) is 0 Å². The number of nitrogens with zero attached hydrogens (tertiary/aromatic N) is 3. The average molecular weight is 377 g/mol. The quantitative estimate of drug-likeness (QED) is 0.562. The number of alkyl halides is 2. The number of hydrogen-bond donors (Lipinski definition) is 1. The van der Waals surface area contributed by atoms with Gasteiger partial charge >= 0.3 is 6.61 Å². The molecule has 0 aliphatic rings. The second kappa shape index (κ2) is 6.10. The fourth-order valence-corrected chi connectivity index (χ4v) is 3.61. The van der Waals surface area contributed by atoms with E-state index in [0.29, 0.717) is 31.8 Å². The van der Waals surface area contributed by atoms with Crippen LogP contribution in [0, 0.1) is 12.7 Å². The minimum absolute atomic E-state index is 0.277. The number of aryl methyl sites for hydroxylation is 1. The molecule has 0 bridgehead atoms. The number of aromatic nitrogens is 3. The van der Waals surface area contributed by atoms with Gasteiger partial charge in [0.15, 0.2) is 11.6 Å². The Hall–Kier alpha value is -2.94. The van der Waals surface area contributed by atoms with Crippen molar-refractivity contribution in [1.82, 2.24) is 15.0 Å². The molecule has 0 unspecified atom stereocenters. The Morgan fingerprint density at radius 1 is 1.12 bits per heavy atom. The lowest BCUT2D eigenvalue weighted by atomic mass is 10.1. The molecule has 5 nitrogen and oxygen atoms in total. The molecule has 2 aromatic heterocycles. The second-order valence-electron chi connectivity index (χ2n) is 5.56. The van der Waals surface area contributed by atoms with Crippen molar-refractivity contribution in [3.63, 3.8) is 0 Å². The van der Waals surface area contributed by atoms with Crippen molar-refractivity contribution in [3.05, 3.63) is 41.8 Å². The molecular weight excluding hydrogens is 367 g/mol. The Morgan fingerprint density at radius 3 is 2.69 bits per heavy atom. The molecule has 4 aromatic rings. The topological polar surface area (TPSA) is 68.1 Å². The number of aromatic hydroxyl groups is 1. The highest BCUT2D eigenvalue weighted by molar-refractivity contribution is 7.21. The van der Waals surface area contributed by atoms with Crippen LogP contribution in [0.4, 0.5) is 13.2 Å².